The average molecular weight is 391 g/mol. The van der Waals surface area contributed by atoms with Crippen molar-refractivity contribution in [3.05, 3.63) is 68.2 Å². The number of sulfonamides is 1. The van der Waals surface area contributed by atoms with Crippen LogP contribution in [0.4, 0.5) is 14.5 Å². The molecule has 0 spiro atoms. The molecule has 0 fully saturated rings. The molecule has 1 N–H and O–H groups in total. The minimum atomic E-state index is -4.18. The van der Waals surface area contributed by atoms with Gasteiger partial charge in [0.05, 0.1) is 14.8 Å². The Balaban J connectivity index is 2.38. The third-order valence-corrected chi connectivity index (χ3v) is 5.49. The van der Waals surface area contributed by atoms with Gasteiger partial charge in [0.1, 0.15) is 0 Å². The average Bonchev–Trinajstić information content (AvgIpc) is 2.51. The van der Waals surface area contributed by atoms with Crippen LogP contribution in [-0.4, -0.2) is 13.3 Å². The topological polar surface area (TPSA) is 89.3 Å². The van der Waals surface area contributed by atoms with Gasteiger partial charge in [-0.15, -0.1) is 0 Å². The first kappa shape index (κ1) is 19.2. The number of nitrogens with one attached hydrogen (secondary N) is 1. The number of hydrogen-bond acceptors (Lipinski definition) is 4. The van der Waals surface area contributed by atoms with E-state index >= 15 is 0 Å². The van der Waals surface area contributed by atoms with Gasteiger partial charge in [0.25, 0.3) is 5.69 Å². The third-order valence-electron chi connectivity index (χ3n) is 3.57. The van der Waals surface area contributed by atoms with E-state index in [0.29, 0.717) is 0 Å². The molecule has 0 heterocycles. The molecule has 0 amide bonds. The van der Waals surface area contributed by atoms with E-state index in [2.05, 4.69) is 4.72 Å². The molecule has 0 saturated carbocycles. The van der Waals surface area contributed by atoms with Crippen LogP contribution in [0.2, 0.25) is 5.02 Å². The van der Waals surface area contributed by atoms with Gasteiger partial charge in [-0.05, 0) is 37.6 Å². The Bertz CT molecular complexity index is 951. The van der Waals surface area contributed by atoms with Gasteiger partial charge < -0.3 is 0 Å². The summed E-state index contributed by atoms with van der Waals surface area (Å²) in [6, 6.07) is 4.05. The first-order chi connectivity index (χ1) is 11.5. The molecule has 6 nitrogen and oxygen atoms in total. The molecule has 25 heavy (non-hydrogen) atoms. The maximum atomic E-state index is 13.3. The maximum absolute atomic E-state index is 13.3. The van der Waals surface area contributed by atoms with Crippen molar-refractivity contribution in [2.24, 2.45) is 0 Å². The van der Waals surface area contributed by atoms with Crippen molar-refractivity contribution >= 4 is 27.3 Å². The number of nitro benzene ring substituents is 1. The normalized spacial score (nSPS) is 12.8. The molecule has 1 atom stereocenters. The SMILES string of the molecule is Cc1c(Cl)cc(S(=O)(=O)N[C@H](C)c2ccc(F)c(F)c2)cc1[N+](=O)[O-]. The number of nitro groups is 1. The minimum absolute atomic E-state index is 0.0740. The number of nitrogens with zero attached hydrogens (tertiary/aromatic N) is 1. The van der Waals surface area contributed by atoms with E-state index < -0.39 is 43.2 Å². The van der Waals surface area contributed by atoms with E-state index in [0.717, 1.165) is 24.3 Å². The second-order valence-electron chi connectivity index (χ2n) is 5.32. The lowest BCUT2D eigenvalue weighted by molar-refractivity contribution is -0.385. The zero-order valence-corrected chi connectivity index (χ0v) is 14.7. The summed E-state index contributed by atoms with van der Waals surface area (Å²) >= 11 is 5.87. The molecule has 0 aromatic heterocycles. The lowest BCUT2D eigenvalue weighted by Gasteiger charge is -2.15. The molecule has 0 unspecified atom stereocenters. The highest BCUT2D eigenvalue weighted by atomic mass is 35.5. The van der Waals surface area contributed by atoms with Crippen LogP contribution in [-0.2, 0) is 10.0 Å². The Kier molecular flexibility index (Phi) is 5.40. The number of benzene rings is 2. The van der Waals surface area contributed by atoms with E-state index in [1.54, 1.807) is 0 Å². The van der Waals surface area contributed by atoms with Crippen LogP contribution in [0.25, 0.3) is 0 Å². The van der Waals surface area contributed by atoms with Crippen molar-refractivity contribution in [1.29, 1.82) is 0 Å². The quantitative estimate of drug-likeness (QED) is 0.619. The van der Waals surface area contributed by atoms with Crippen LogP contribution in [0.1, 0.15) is 24.1 Å². The highest BCUT2D eigenvalue weighted by Crippen LogP contribution is 2.30. The zero-order chi connectivity index (χ0) is 18.9. The Morgan fingerprint density at radius 1 is 1.20 bits per heavy atom. The van der Waals surface area contributed by atoms with Gasteiger partial charge >= 0.3 is 0 Å². The second-order valence-corrected chi connectivity index (χ2v) is 7.44. The molecular formula is C15H13ClF2N2O4S. The molecular weight excluding hydrogens is 378 g/mol. The Labute approximate surface area is 147 Å². The Hall–Kier alpha value is -2.10. The second kappa shape index (κ2) is 7.03. The largest absolute Gasteiger partial charge is 0.275 e. The number of rotatable bonds is 5. The predicted molar refractivity (Wildman–Crippen MR) is 87.9 cm³/mol. The molecule has 0 radical (unpaired) electrons. The predicted octanol–water partition coefficient (Wildman–Crippen LogP) is 3.87. The van der Waals surface area contributed by atoms with E-state index in [4.69, 9.17) is 11.6 Å². The first-order valence-electron chi connectivity index (χ1n) is 6.94. The Morgan fingerprint density at radius 3 is 2.40 bits per heavy atom. The minimum Gasteiger partial charge on any atom is -0.258 e. The number of halogens is 3. The maximum Gasteiger partial charge on any atom is 0.275 e. The molecule has 134 valence electrons. The van der Waals surface area contributed by atoms with Crippen LogP contribution in [0, 0.1) is 28.7 Å². The van der Waals surface area contributed by atoms with Crippen LogP contribution in [0.3, 0.4) is 0 Å². The molecule has 0 bridgehead atoms. The lowest BCUT2D eigenvalue weighted by Crippen LogP contribution is -2.27. The van der Waals surface area contributed by atoms with Gasteiger partial charge in [-0.3, -0.25) is 10.1 Å². The van der Waals surface area contributed by atoms with Gasteiger partial charge in [-0.2, -0.15) is 0 Å². The van der Waals surface area contributed by atoms with E-state index in [9.17, 15) is 27.3 Å². The van der Waals surface area contributed by atoms with Gasteiger partial charge in [-0.1, -0.05) is 17.7 Å². The summed E-state index contributed by atoms with van der Waals surface area (Å²) in [6.45, 7) is 2.82. The van der Waals surface area contributed by atoms with Gasteiger partial charge in [0.15, 0.2) is 11.6 Å². The van der Waals surface area contributed by atoms with E-state index in [-0.39, 0.29) is 16.1 Å². The fraction of sp³-hybridized carbons (Fsp3) is 0.200. The summed E-state index contributed by atoms with van der Waals surface area (Å²) in [7, 11) is -4.18. The molecule has 10 heteroatoms. The molecule has 0 aliphatic heterocycles. The van der Waals surface area contributed by atoms with Crippen molar-refractivity contribution in [3.8, 4) is 0 Å². The summed E-state index contributed by atoms with van der Waals surface area (Å²) in [6.07, 6.45) is 0. The first-order valence-corrected chi connectivity index (χ1v) is 8.81. The number of hydrogen-bond donors (Lipinski definition) is 1. The highest BCUT2D eigenvalue weighted by molar-refractivity contribution is 7.89. The smallest absolute Gasteiger partial charge is 0.258 e. The van der Waals surface area contributed by atoms with Crippen molar-refractivity contribution in [2.45, 2.75) is 24.8 Å². The van der Waals surface area contributed by atoms with Gasteiger partial charge in [-0.25, -0.2) is 21.9 Å². The Morgan fingerprint density at radius 2 is 1.84 bits per heavy atom. The summed E-state index contributed by atoms with van der Waals surface area (Å²) in [5.74, 6) is -2.17. The lowest BCUT2D eigenvalue weighted by atomic mass is 10.1. The van der Waals surface area contributed by atoms with Gasteiger partial charge in [0.2, 0.25) is 10.0 Å². The summed E-state index contributed by atoms with van der Waals surface area (Å²) in [5.41, 5.74) is -0.109. The van der Waals surface area contributed by atoms with Gasteiger partial charge in [0, 0.05) is 17.7 Å². The summed E-state index contributed by atoms with van der Waals surface area (Å²) < 4.78 is 53.4. The zero-order valence-electron chi connectivity index (χ0n) is 13.1. The van der Waals surface area contributed by atoms with E-state index in [1.807, 2.05) is 0 Å². The molecule has 2 aromatic carbocycles. The highest BCUT2D eigenvalue weighted by Gasteiger charge is 2.24. The fourth-order valence-electron chi connectivity index (χ4n) is 2.14. The summed E-state index contributed by atoms with van der Waals surface area (Å²) in [5, 5.41) is 10.9. The standard InChI is InChI=1S/C15H13ClF2N2O4S/c1-8-12(16)6-11(7-15(8)20(21)22)25(23,24)19-9(2)10-3-4-13(17)14(18)5-10/h3-7,9,19H,1-2H3/t9-/m1/s1. The molecule has 0 saturated heterocycles. The fourth-order valence-corrected chi connectivity index (χ4v) is 3.69. The molecule has 2 aromatic rings. The third kappa shape index (κ3) is 4.12. The summed E-state index contributed by atoms with van der Waals surface area (Å²) in [4.78, 5) is 9.88. The van der Waals surface area contributed by atoms with Crippen LogP contribution in [0.5, 0.6) is 0 Å². The van der Waals surface area contributed by atoms with Crippen LogP contribution in [0.15, 0.2) is 35.2 Å². The molecule has 0 aliphatic rings. The van der Waals surface area contributed by atoms with Crippen molar-refractivity contribution in [2.75, 3.05) is 0 Å². The van der Waals surface area contributed by atoms with Crippen LogP contribution < -0.4 is 4.72 Å². The molecule has 0 aliphatic carbocycles. The van der Waals surface area contributed by atoms with Crippen LogP contribution >= 0.6 is 11.6 Å². The monoisotopic (exact) mass is 390 g/mol. The van der Waals surface area contributed by atoms with Crippen molar-refractivity contribution < 1.29 is 22.1 Å². The molecule has 2 rings (SSSR count). The van der Waals surface area contributed by atoms with E-state index in [1.165, 1.54) is 19.9 Å². The van der Waals surface area contributed by atoms with Crippen molar-refractivity contribution in [1.82, 2.24) is 4.72 Å². The van der Waals surface area contributed by atoms with Crippen molar-refractivity contribution in [3.63, 3.8) is 0 Å².